The largest absolute Gasteiger partial charge is 0.396 e. The van der Waals surface area contributed by atoms with E-state index in [1.54, 1.807) is 0 Å². The van der Waals surface area contributed by atoms with Crippen molar-refractivity contribution in [2.45, 2.75) is 52.0 Å². The first kappa shape index (κ1) is 12.9. The van der Waals surface area contributed by atoms with E-state index in [0.29, 0.717) is 24.8 Å². The van der Waals surface area contributed by atoms with Gasteiger partial charge in [0.2, 0.25) is 5.91 Å². The zero-order valence-corrected chi connectivity index (χ0v) is 11.1. The molecular weight excluding hydrogens is 214 g/mol. The van der Waals surface area contributed by atoms with E-state index in [9.17, 15) is 4.79 Å². The molecule has 0 aliphatic heterocycles. The molecule has 2 fully saturated rings. The highest BCUT2D eigenvalue weighted by atomic mass is 16.3. The predicted molar refractivity (Wildman–Crippen MR) is 67.5 cm³/mol. The Kier molecular flexibility index (Phi) is 4.08. The first-order chi connectivity index (χ1) is 8.13. The van der Waals surface area contributed by atoms with Crippen molar-refractivity contribution in [3.63, 3.8) is 0 Å². The molecular formula is C14H25NO2. The highest BCUT2D eigenvalue weighted by molar-refractivity contribution is 5.80. The number of hydrogen-bond acceptors (Lipinski definition) is 2. The molecule has 0 aromatic heterocycles. The monoisotopic (exact) mass is 239 g/mol. The molecule has 2 aliphatic rings. The summed E-state index contributed by atoms with van der Waals surface area (Å²) in [5.41, 5.74) is 0. The fraction of sp³-hybridized carbons (Fsp3) is 0.929. The minimum atomic E-state index is 0.174. The average Bonchev–Trinajstić information content (AvgIpc) is 2.90. The van der Waals surface area contributed by atoms with Gasteiger partial charge in [0.15, 0.2) is 0 Å². The van der Waals surface area contributed by atoms with E-state index in [-0.39, 0.29) is 18.6 Å². The van der Waals surface area contributed by atoms with Crippen LogP contribution in [0.4, 0.5) is 0 Å². The van der Waals surface area contributed by atoms with Gasteiger partial charge < -0.3 is 10.0 Å². The summed E-state index contributed by atoms with van der Waals surface area (Å²) in [4.78, 5) is 14.5. The van der Waals surface area contributed by atoms with Crippen molar-refractivity contribution in [2.24, 2.45) is 17.8 Å². The number of fused-ring (bicyclic) bond motifs is 2. The number of amides is 1. The summed E-state index contributed by atoms with van der Waals surface area (Å²) in [5, 5.41) is 8.91. The minimum Gasteiger partial charge on any atom is -0.396 e. The molecule has 3 atom stereocenters. The van der Waals surface area contributed by atoms with E-state index in [4.69, 9.17) is 5.11 Å². The van der Waals surface area contributed by atoms with Gasteiger partial charge in [-0.25, -0.2) is 0 Å². The molecule has 1 N–H and O–H groups in total. The molecule has 2 bridgehead atoms. The topological polar surface area (TPSA) is 40.5 Å². The van der Waals surface area contributed by atoms with E-state index in [1.807, 2.05) is 4.90 Å². The average molecular weight is 239 g/mol. The molecule has 0 radical (unpaired) electrons. The number of carbonyl (C=O) groups is 1. The van der Waals surface area contributed by atoms with Gasteiger partial charge in [0, 0.05) is 25.1 Å². The maximum atomic E-state index is 12.5. The first-order valence-corrected chi connectivity index (χ1v) is 7.04. The lowest BCUT2D eigenvalue weighted by atomic mass is 9.87. The normalized spacial score (nSPS) is 31.2. The fourth-order valence-corrected chi connectivity index (χ4v) is 3.62. The third-order valence-corrected chi connectivity index (χ3v) is 4.52. The lowest BCUT2D eigenvalue weighted by Crippen LogP contribution is -2.43. The summed E-state index contributed by atoms with van der Waals surface area (Å²) in [7, 11) is 0. The summed E-state index contributed by atoms with van der Waals surface area (Å²) in [6, 6.07) is 0.258. The molecule has 0 heterocycles. The second-order valence-electron chi connectivity index (χ2n) is 5.98. The Morgan fingerprint density at radius 1 is 1.35 bits per heavy atom. The van der Waals surface area contributed by atoms with Crippen molar-refractivity contribution in [1.29, 1.82) is 0 Å². The van der Waals surface area contributed by atoms with Crippen LogP contribution in [0.1, 0.15) is 46.0 Å². The van der Waals surface area contributed by atoms with Gasteiger partial charge in [-0.3, -0.25) is 4.79 Å². The molecule has 2 rings (SSSR count). The zero-order valence-electron chi connectivity index (χ0n) is 11.1. The number of aliphatic hydroxyl groups is 1. The van der Waals surface area contributed by atoms with Crippen LogP contribution >= 0.6 is 0 Å². The Balaban J connectivity index is 1.96. The van der Waals surface area contributed by atoms with Gasteiger partial charge in [-0.2, -0.15) is 0 Å². The number of rotatable bonds is 5. The first-order valence-electron chi connectivity index (χ1n) is 7.04. The van der Waals surface area contributed by atoms with Crippen molar-refractivity contribution < 1.29 is 9.90 Å². The predicted octanol–water partition coefficient (Wildman–Crippen LogP) is 2.04. The van der Waals surface area contributed by atoms with E-state index in [0.717, 1.165) is 12.3 Å². The summed E-state index contributed by atoms with van der Waals surface area (Å²) >= 11 is 0. The lowest BCUT2D eigenvalue weighted by Gasteiger charge is -2.32. The Morgan fingerprint density at radius 2 is 2.12 bits per heavy atom. The number of aliphatic hydroxyl groups excluding tert-OH is 1. The molecule has 98 valence electrons. The Morgan fingerprint density at radius 3 is 2.59 bits per heavy atom. The molecule has 3 nitrogen and oxygen atoms in total. The maximum absolute atomic E-state index is 12.5. The van der Waals surface area contributed by atoms with Gasteiger partial charge in [0.05, 0.1) is 0 Å². The zero-order chi connectivity index (χ0) is 12.4. The second kappa shape index (κ2) is 5.38. The van der Waals surface area contributed by atoms with E-state index in [1.165, 1.54) is 19.3 Å². The number of nitrogens with zero attached hydrogens (tertiary/aromatic N) is 1. The third kappa shape index (κ3) is 2.65. The van der Waals surface area contributed by atoms with Gasteiger partial charge in [0.1, 0.15) is 0 Å². The smallest absolute Gasteiger partial charge is 0.226 e. The van der Waals surface area contributed by atoms with Gasteiger partial charge >= 0.3 is 0 Å². The Hall–Kier alpha value is -0.570. The van der Waals surface area contributed by atoms with E-state index >= 15 is 0 Å². The summed E-state index contributed by atoms with van der Waals surface area (Å²) in [6.45, 7) is 5.03. The van der Waals surface area contributed by atoms with Crippen molar-refractivity contribution in [1.82, 2.24) is 4.90 Å². The standard InChI is InChI=1S/C14H25NO2/c1-10(2)15(6-3-7-16)14(17)13-9-11-4-5-12(13)8-11/h10-13,16H,3-9H2,1-2H3. The van der Waals surface area contributed by atoms with Crippen LogP contribution in [0.3, 0.4) is 0 Å². The number of carbonyl (C=O) groups excluding carboxylic acids is 1. The van der Waals surface area contributed by atoms with Gasteiger partial charge in [-0.1, -0.05) is 6.42 Å². The highest BCUT2D eigenvalue weighted by Gasteiger charge is 2.44. The second-order valence-corrected chi connectivity index (χ2v) is 5.98. The van der Waals surface area contributed by atoms with Gasteiger partial charge in [-0.05, 0) is 51.4 Å². The van der Waals surface area contributed by atoms with Gasteiger partial charge in [0.25, 0.3) is 0 Å². The molecule has 17 heavy (non-hydrogen) atoms. The van der Waals surface area contributed by atoms with Crippen LogP contribution in [0, 0.1) is 17.8 Å². The summed E-state index contributed by atoms with van der Waals surface area (Å²) in [5.74, 6) is 2.11. The van der Waals surface area contributed by atoms with Crippen molar-refractivity contribution >= 4 is 5.91 Å². The van der Waals surface area contributed by atoms with E-state index in [2.05, 4.69) is 13.8 Å². The van der Waals surface area contributed by atoms with Crippen LogP contribution in [-0.4, -0.2) is 35.1 Å². The maximum Gasteiger partial charge on any atom is 0.226 e. The van der Waals surface area contributed by atoms with E-state index < -0.39 is 0 Å². The highest BCUT2D eigenvalue weighted by Crippen LogP contribution is 2.48. The number of hydrogen-bond donors (Lipinski definition) is 1. The molecule has 0 aromatic rings. The van der Waals surface area contributed by atoms with Crippen LogP contribution in [0.5, 0.6) is 0 Å². The van der Waals surface area contributed by atoms with Crippen LogP contribution in [0.15, 0.2) is 0 Å². The molecule has 0 saturated heterocycles. The molecule has 0 spiro atoms. The van der Waals surface area contributed by atoms with Crippen molar-refractivity contribution in [2.75, 3.05) is 13.2 Å². The Bertz CT molecular complexity index is 277. The van der Waals surface area contributed by atoms with Crippen molar-refractivity contribution in [3.8, 4) is 0 Å². The Labute approximate surface area is 104 Å². The molecule has 2 saturated carbocycles. The van der Waals surface area contributed by atoms with Crippen LogP contribution < -0.4 is 0 Å². The lowest BCUT2D eigenvalue weighted by molar-refractivity contribution is -0.139. The van der Waals surface area contributed by atoms with Gasteiger partial charge in [-0.15, -0.1) is 0 Å². The minimum absolute atomic E-state index is 0.174. The van der Waals surface area contributed by atoms with Crippen LogP contribution in [-0.2, 0) is 4.79 Å². The molecule has 3 unspecified atom stereocenters. The van der Waals surface area contributed by atoms with Crippen LogP contribution in [0.2, 0.25) is 0 Å². The molecule has 0 aromatic carbocycles. The molecule has 2 aliphatic carbocycles. The van der Waals surface area contributed by atoms with Crippen LogP contribution in [0.25, 0.3) is 0 Å². The third-order valence-electron chi connectivity index (χ3n) is 4.52. The SMILES string of the molecule is CC(C)N(CCCO)C(=O)C1CC2CCC1C2. The fourth-order valence-electron chi connectivity index (χ4n) is 3.62. The summed E-state index contributed by atoms with van der Waals surface area (Å²) < 4.78 is 0. The quantitative estimate of drug-likeness (QED) is 0.797. The van der Waals surface area contributed by atoms with Crippen molar-refractivity contribution in [3.05, 3.63) is 0 Å². The summed E-state index contributed by atoms with van der Waals surface area (Å²) in [6.07, 6.45) is 5.69. The molecule has 3 heteroatoms. The molecule has 1 amide bonds.